The maximum Gasteiger partial charge on any atom is 0.252 e. The molecule has 0 saturated carbocycles. The molecule has 0 aliphatic carbocycles. The van der Waals surface area contributed by atoms with E-state index in [0.717, 1.165) is 18.4 Å². The normalized spacial score (nSPS) is 29.1. The van der Waals surface area contributed by atoms with E-state index in [1.165, 1.54) is 0 Å². The number of halogens is 1. The molecular formula is C21H32INO3Si. The number of nitrogens with zero attached hydrogens (tertiary/aromatic N) is 1. The highest BCUT2D eigenvalue weighted by atomic mass is 127. The zero-order valence-corrected chi connectivity index (χ0v) is 20.2. The van der Waals surface area contributed by atoms with E-state index >= 15 is 0 Å². The van der Waals surface area contributed by atoms with Crippen LogP contribution >= 0.6 is 22.6 Å². The van der Waals surface area contributed by atoms with Crippen molar-refractivity contribution in [2.45, 2.75) is 80.5 Å². The number of amides is 1. The molecule has 4 atom stereocenters. The molecule has 27 heavy (non-hydrogen) atoms. The number of carbonyl (C=O) groups is 1. The number of rotatable bonds is 5. The van der Waals surface area contributed by atoms with Gasteiger partial charge in [0.1, 0.15) is 6.10 Å². The summed E-state index contributed by atoms with van der Waals surface area (Å²) in [6, 6.07) is 10.4. The maximum absolute atomic E-state index is 13.0. The molecule has 0 aromatic heterocycles. The number of alkyl halides is 1. The summed E-state index contributed by atoms with van der Waals surface area (Å²) in [6.45, 7) is 12.6. The zero-order chi connectivity index (χ0) is 19.8. The number of ether oxygens (including phenoxy) is 1. The monoisotopic (exact) mass is 501 g/mol. The fourth-order valence-electron chi connectivity index (χ4n) is 3.66. The van der Waals surface area contributed by atoms with Crippen LogP contribution in [-0.2, 0) is 20.6 Å². The Labute approximate surface area is 178 Å². The predicted octanol–water partition coefficient (Wildman–Crippen LogP) is 4.77. The third-order valence-corrected chi connectivity index (χ3v) is 12.2. The van der Waals surface area contributed by atoms with Crippen molar-refractivity contribution in [3.05, 3.63) is 35.9 Å². The standard InChI is InChI=1S/C21H32INO3Si/c1-21(2,3)27(4,5)26-16-11-18-17(22)12-19(20(24)23(18)13-16)25-14-15-9-7-6-8-10-15/h6-10,16-19H,11-14H2,1-5H3/t16-,17-,18+,19-/m1/s1. The lowest BCUT2D eigenvalue weighted by Gasteiger charge is -2.38. The van der Waals surface area contributed by atoms with Gasteiger partial charge >= 0.3 is 0 Å². The molecule has 3 rings (SSSR count). The van der Waals surface area contributed by atoms with Crippen LogP contribution < -0.4 is 0 Å². The summed E-state index contributed by atoms with van der Waals surface area (Å²) < 4.78 is 13.1. The maximum atomic E-state index is 13.0. The summed E-state index contributed by atoms with van der Waals surface area (Å²) in [5, 5.41) is 0.186. The molecule has 0 radical (unpaired) electrons. The van der Waals surface area contributed by atoms with Crippen molar-refractivity contribution in [2.24, 2.45) is 0 Å². The summed E-state index contributed by atoms with van der Waals surface area (Å²) in [7, 11) is -1.83. The van der Waals surface area contributed by atoms with Gasteiger partial charge in [0.2, 0.25) is 0 Å². The van der Waals surface area contributed by atoms with E-state index in [1.807, 2.05) is 35.2 Å². The summed E-state index contributed by atoms with van der Waals surface area (Å²) in [6.07, 6.45) is 1.57. The Kier molecular flexibility index (Phi) is 6.40. The SMILES string of the molecule is CC(C)(C)[Si](C)(C)O[C@@H]1C[C@H]2[C@H](I)C[C@@H](OCc3ccccc3)C(=O)N2C1. The first-order chi connectivity index (χ1) is 12.6. The van der Waals surface area contributed by atoms with E-state index in [-0.39, 0.29) is 29.2 Å². The average Bonchev–Trinajstić information content (AvgIpc) is 3.01. The molecule has 0 unspecified atom stereocenters. The Hall–Kier alpha value is -0.443. The number of hydrogen-bond donors (Lipinski definition) is 0. The van der Waals surface area contributed by atoms with Gasteiger partial charge in [-0.1, -0.05) is 73.7 Å². The Morgan fingerprint density at radius 3 is 2.48 bits per heavy atom. The van der Waals surface area contributed by atoms with Gasteiger partial charge in [-0.25, -0.2) is 0 Å². The van der Waals surface area contributed by atoms with E-state index in [1.54, 1.807) is 0 Å². The van der Waals surface area contributed by atoms with Crippen molar-refractivity contribution in [1.29, 1.82) is 0 Å². The van der Waals surface area contributed by atoms with Gasteiger partial charge in [0.15, 0.2) is 8.32 Å². The lowest BCUT2D eigenvalue weighted by atomic mass is 9.99. The lowest BCUT2D eigenvalue weighted by Crippen LogP contribution is -2.53. The molecule has 2 aliphatic heterocycles. The van der Waals surface area contributed by atoms with Gasteiger partial charge in [-0.3, -0.25) is 4.79 Å². The van der Waals surface area contributed by atoms with Crippen LogP contribution in [0, 0.1) is 0 Å². The predicted molar refractivity (Wildman–Crippen MR) is 120 cm³/mol. The van der Waals surface area contributed by atoms with E-state index in [2.05, 4.69) is 56.5 Å². The molecule has 1 aromatic rings. The highest BCUT2D eigenvalue weighted by Gasteiger charge is 2.49. The molecule has 2 aliphatic rings. The first-order valence-corrected chi connectivity index (χ1v) is 14.0. The second kappa shape index (κ2) is 8.12. The average molecular weight is 501 g/mol. The summed E-state index contributed by atoms with van der Waals surface area (Å²) >= 11 is 2.50. The van der Waals surface area contributed by atoms with Crippen LogP contribution in [0.5, 0.6) is 0 Å². The summed E-state index contributed by atoms with van der Waals surface area (Å²) in [5.41, 5.74) is 1.11. The van der Waals surface area contributed by atoms with Gasteiger partial charge in [0.25, 0.3) is 5.91 Å². The number of hydrogen-bond acceptors (Lipinski definition) is 3. The lowest BCUT2D eigenvalue weighted by molar-refractivity contribution is -0.150. The molecule has 0 spiro atoms. The van der Waals surface area contributed by atoms with Crippen molar-refractivity contribution in [3.8, 4) is 0 Å². The summed E-state index contributed by atoms with van der Waals surface area (Å²) in [4.78, 5) is 15.1. The van der Waals surface area contributed by atoms with Crippen molar-refractivity contribution in [2.75, 3.05) is 6.54 Å². The third kappa shape index (κ3) is 4.76. The quantitative estimate of drug-likeness (QED) is 0.332. The van der Waals surface area contributed by atoms with Gasteiger partial charge < -0.3 is 14.1 Å². The van der Waals surface area contributed by atoms with Gasteiger partial charge in [-0.05, 0) is 36.5 Å². The first kappa shape index (κ1) is 21.3. The fraction of sp³-hybridized carbons (Fsp3) is 0.667. The topological polar surface area (TPSA) is 38.8 Å². The van der Waals surface area contributed by atoms with E-state index in [4.69, 9.17) is 9.16 Å². The number of piperidine rings is 1. The molecule has 2 heterocycles. The second-order valence-electron chi connectivity index (χ2n) is 9.33. The van der Waals surface area contributed by atoms with E-state index < -0.39 is 8.32 Å². The molecular weight excluding hydrogens is 469 g/mol. The van der Waals surface area contributed by atoms with Crippen molar-refractivity contribution < 1.29 is 14.0 Å². The fourth-order valence-corrected chi connectivity index (χ4v) is 6.16. The highest BCUT2D eigenvalue weighted by Crippen LogP contribution is 2.41. The van der Waals surface area contributed by atoms with Crippen molar-refractivity contribution in [1.82, 2.24) is 4.90 Å². The largest absolute Gasteiger partial charge is 0.412 e. The number of fused-ring (bicyclic) bond motifs is 1. The molecule has 2 fully saturated rings. The molecule has 0 bridgehead atoms. The van der Waals surface area contributed by atoms with E-state index in [9.17, 15) is 4.79 Å². The molecule has 1 aromatic carbocycles. The molecule has 0 N–H and O–H groups in total. The third-order valence-electron chi connectivity index (χ3n) is 6.28. The first-order valence-electron chi connectivity index (χ1n) is 9.86. The highest BCUT2D eigenvalue weighted by molar-refractivity contribution is 14.1. The smallest absolute Gasteiger partial charge is 0.252 e. The Morgan fingerprint density at radius 2 is 1.85 bits per heavy atom. The number of benzene rings is 1. The Bertz CT molecular complexity index is 661. The van der Waals surface area contributed by atoms with Crippen molar-refractivity contribution >= 4 is 36.8 Å². The van der Waals surface area contributed by atoms with Gasteiger partial charge in [0, 0.05) is 16.5 Å². The summed E-state index contributed by atoms with van der Waals surface area (Å²) in [5.74, 6) is 0.144. The van der Waals surface area contributed by atoms with Gasteiger partial charge in [-0.2, -0.15) is 0 Å². The molecule has 2 saturated heterocycles. The number of carbonyl (C=O) groups excluding carboxylic acids is 1. The molecule has 6 heteroatoms. The van der Waals surface area contributed by atoms with Gasteiger partial charge in [0.05, 0.1) is 12.7 Å². The van der Waals surface area contributed by atoms with Crippen LogP contribution in [0.3, 0.4) is 0 Å². The molecule has 1 amide bonds. The molecule has 150 valence electrons. The minimum Gasteiger partial charge on any atom is -0.412 e. The van der Waals surface area contributed by atoms with Crippen LogP contribution in [0.4, 0.5) is 0 Å². The van der Waals surface area contributed by atoms with Crippen LogP contribution in [0.25, 0.3) is 0 Å². The Balaban J connectivity index is 1.63. The second-order valence-corrected chi connectivity index (χ2v) is 15.7. The van der Waals surface area contributed by atoms with Gasteiger partial charge in [-0.15, -0.1) is 0 Å². The van der Waals surface area contributed by atoms with Crippen LogP contribution in [0.15, 0.2) is 30.3 Å². The Morgan fingerprint density at radius 1 is 1.19 bits per heavy atom. The zero-order valence-electron chi connectivity index (χ0n) is 17.1. The van der Waals surface area contributed by atoms with Crippen molar-refractivity contribution in [3.63, 3.8) is 0 Å². The minimum absolute atomic E-state index is 0.144. The van der Waals surface area contributed by atoms with E-state index in [0.29, 0.717) is 17.1 Å². The molecule has 4 nitrogen and oxygen atoms in total. The minimum atomic E-state index is -1.83. The van der Waals surface area contributed by atoms with Crippen LogP contribution in [0.1, 0.15) is 39.2 Å². The van der Waals surface area contributed by atoms with Crippen LogP contribution in [-0.4, -0.2) is 47.8 Å². The van der Waals surface area contributed by atoms with Crippen LogP contribution in [0.2, 0.25) is 18.1 Å².